The summed E-state index contributed by atoms with van der Waals surface area (Å²) in [6, 6.07) is 5.16. The molecule has 0 radical (unpaired) electrons. The number of nitrogens with one attached hydrogen (secondary N) is 2. The number of hydrogen-bond acceptors (Lipinski definition) is 2. The Hall–Kier alpha value is -0.960. The summed E-state index contributed by atoms with van der Waals surface area (Å²) >= 11 is 0. The van der Waals surface area contributed by atoms with Crippen LogP contribution in [-0.4, -0.2) is 42.6 Å². The molecule has 1 aromatic rings. The van der Waals surface area contributed by atoms with Gasteiger partial charge in [-0.3, -0.25) is 9.89 Å². The maximum absolute atomic E-state index is 13.7. The maximum atomic E-state index is 13.7. The lowest BCUT2D eigenvalue weighted by Crippen LogP contribution is -2.44. The van der Waals surface area contributed by atoms with Gasteiger partial charge in [-0.05, 0) is 44.4 Å². The van der Waals surface area contributed by atoms with Crippen molar-refractivity contribution in [2.75, 3.05) is 13.6 Å². The third kappa shape index (κ3) is 4.78. The minimum Gasteiger partial charge on any atom is -0.352 e. The van der Waals surface area contributed by atoms with Gasteiger partial charge in [0.25, 0.3) is 0 Å². The number of hydrogen-bond donors (Lipinski definition) is 2. The minimum atomic E-state index is -0.434. The molecule has 4 nitrogen and oxygen atoms in total. The van der Waals surface area contributed by atoms with Crippen molar-refractivity contribution < 1.29 is 8.78 Å². The molecule has 1 aliphatic carbocycles. The molecule has 0 aromatic heterocycles. The summed E-state index contributed by atoms with van der Waals surface area (Å²) < 4.78 is 26.9. The van der Waals surface area contributed by atoms with Gasteiger partial charge in [-0.15, -0.1) is 24.0 Å². The van der Waals surface area contributed by atoms with Crippen molar-refractivity contribution in [1.82, 2.24) is 15.5 Å². The van der Waals surface area contributed by atoms with Crippen LogP contribution in [-0.2, 0) is 6.54 Å². The molecule has 2 aliphatic rings. The standard InChI is InChI=1S/C17H24F2N4.HI/c1-11-7-14(10-23(11)15-4-5-15)22-17(20-2)21-9-12-8-13(18)3-6-16(12)19;/h3,6,8,11,14-15H,4-5,7,9-10H2,1-2H3,(H2,20,21,22);1H. The predicted molar refractivity (Wildman–Crippen MR) is 103 cm³/mol. The number of likely N-dealkylation sites (tertiary alicyclic amines) is 1. The molecule has 2 N–H and O–H groups in total. The van der Waals surface area contributed by atoms with Crippen molar-refractivity contribution in [1.29, 1.82) is 0 Å². The molecule has 0 spiro atoms. The number of nitrogens with zero attached hydrogens (tertiary/aromatic N) is 2. The van der Waals surface area contributed by atoms with Crippen molar-refractivity contribution in [3.63, 3.8) is 0 Å². The molecule has 1 saturated carbocycles. The summed E-state index contributed by atoms with van der Waals surface area (Å²) in [6.45, 7) is 3.48. The Bertz CT molecular complexity index is 592. The lowest BCUT2D eigenvalue weighted by molar-refractivity contribution is 0.256. The molecule has 2 fully saturated rings. The van der Waals surface area contributed by atoms with E-state index in [0.29, 0.717) is 23.6 Å². The van der Waals surface area contributed by atoms with Gasteiger partial charge in [0.05, 0.1) is 0 Å². The van der Waals surface area contributed by atoms with E-state index in [1.807, 2.05) is 0 Å². The van der Waals surface area contributed by atoms with Crippen molar-refractivity contribution >= 4 is 29.9 Å². The Kier molecular flexibility index (Phi) is 6.79. The average Bonchev–Trinajstić information content (AvgIpc) is 3.30. The Morgan fingerprint density at radius 2 is 2.08 bits per heavy atom. The maximum Gasteiger partial charge on any atom is 0.191 e. The van der Waals surface area contributed by atoms with Gasteiger partial charge in [-0.1, -0.05) is 0 Å². The normalized spacial score (nSPS) is 24.6. The van der Waals surface area contributed by atoms with Crippen molar-refractivity contribution in [3.8, 4) is 0 Å². The second-order valence-electron chi connectivity index (χ2n) is 6.52. The molecule has 1 heterocycles. The zero-order chi connectivity index (χ0) is 16.4. The lowest BCUT2D eigenvalue weighted by atomic mass is 10.2. The molecule has 134 valence electrons. The van der Waals surface area contributed by atoms with Crippen LogP contribution in [0.2, 0.25) is 0 Å². The number of aliphatic imine (C=N–C) groups is 1. The minimum absolute atomic E-state index is 0. The van der Waals surface area contributed by atoms with E-state index in [0.717, 1.165) is 31.1 Å². The smallest absolute Gasteiger partial charge is 0.191 e. The van der Waals surface area contributed by atoms with Crippen molar-refractivity contribution in [3.05, 3.63) is 35.4 Å². The number of benzene rings is 1. The second-order valence-corrected chi connectivity index (χ2v) is 6.52. The third-order valence-corrected chi connectivity index (χ3v) is 4.66. The summed E-state index contributed by atoms with van der Waals surface area (Å²) in [5.41, 5.74) is 0.298. The van der Waals surface area contributed by atoms with Crippen LogP contribution in [0.1, 0.15) is 31.7 Å². The monoisotopic (exact) mass is 450 g/mol. The number of guanidine groups is 1. The van der Waals surface area contributed by atoms with Gasteiger partial charge in [0.1, 0.15) is 11.6 Å². The first-order chi connectivity index (χ1) is 11.1. The molecular weight excluding hydrogens is 425 g/mol. The Morgan fingerprint density at radius 1 is 1.33 bits per heavy atom. The zero-order valence-corrected chi connectivity index (χ0v) is 16.4. The molecule has 1 saturated heterocycles. The Labute approximate surface area is 159 Å². The van der Waals surface area contributed by atoms with Crippen LogP contribution in [0.4, 0.5) is 8.78 Å². The van der Waals surface area contributed by atoms with Crippen LogP contribution in [0.3, 0.4) is 0 Å². The van der Waals surface area contributed by atoms with E-state index in [1.165, 1.54) is 18.9 Å². The molecule has 3 rings (SSSR count). The van der Waals surface area contributed by atoms with E-state index < -0.39 is 11.6 Å². The average molecular weight is 450 g/mol. The highest BCUT2D eigenvalue weighted by molar-refractivity contribution is 14.0. The molecule has 0 amide bonds. The van der Waals surface area contributed by atoms with E-state index in [9.17, 15) is 8.78 Å². The highest BCUT2D eigenvalue weighted by Gasteiger charge is 2.38. The molecule has 1 aromatic carbocycles. The highest BCUT2D eigenvalue weighted by Crippen LogP contribution is 2.33. The molecule has 1 aliphatic heterocycles. The fraction of sp³-hybridized carbons (Fsp3) is 0.588. The SMILES string of the molecule is CN=C(NCc1cc(F)ccc1F)NC1CC(C)N(C2CC2)C1.I. The Balaban J connectivity index is 0.00000208. The fourth-order valence-electron chi connectivity index (χ4n) is 3.32. The fourth-order valence-corrected chi connectivity index (χ4v) is 3.32. The first-order valence-electron chi connectivity index (χ1n) is 8.23. The largest absolute Gasteiger partial charge is 0.352 e. The van der Waals surface area contributed by atoms with Crippen LogP contribution in [0.15, 0.2) is 23.2 Å². The Morgan fingerprint density at radius 3 is 2.75 bits per heavy atom. The molecule has 7 heteroatoms. The van der Waals surface area contributed by atoms with Crippen LogP contribution in [0.25, 0.3) is 0 Å². The van der Waals surface area contributed by atoms with E-state index in [1.54, 1.807) is 7.05 Å². The highest BCUT2D eigenvalue weighted by atomic mass is 127. The van der Waals surface area contributed by atoms with Gasteiger partial charge in [-0.25, -0.2) is 8.78 Å². The summed E-state index contributed by atoms with van der Waals surface area (Å²) in [5.74, 6) is -0.219. The lowest BCUT2D eigenvalue weighted by Gasteiger charge is -2.20. The zero-order valence-electron chi connectivity index (χ0n) is 14.1. The van der Waals surface area contributed by atoms with Gasteiger partial charge in [0.2, 0.25) is 0 Å². The van der Waals surface area contributed by atoms with E-state index in [-0.39, 0.29) is 30.5 Å². The van der Waals surface area contributed by atoms with Crippen LogP contribution in [0, 0.1) is 11.6 Å². The van der Waals surface area contributed by atoms with Gasteiger partial charge >= 0.3 is 0 Å². The van der Waals surface area contributed by atoms with Gasteiger partial charge < -0.3 is 10.6 Å². The second kappa shape index (κ2) is 8.42. The molecule has 2 atom stereocenters. The quantitative estimate of drug-likeness (QED) is 0.421. The van der Waals surface area contributed by atoms with Crippen molar-refractivity contribution in [2.24, 2.45) is 4.99 Å². The molecule has 2 unspecified atom stereocenters. The molecular formula is C17H25F2IN4. The summed E-state index contributed by atoms with van der Waals surface area (Å²) in [5, 5.41) is 6.46. The number of halogens is 3. The third-order valence-electron chi connectivity index (χ3n) is 4.66. The summed E-state index contributed by atoms with van der Waals surface area (Å²) in [4.78, 5) is 6.74. The first kappa shape index (κ1) is 19.4. The summed E-state index contributed by atoms with van der Waals surface area (Å²) in [6.07, 6.45) is 3.69. The van der Waals surface area contributed by atoms with E-state index in [2.05, 4.69) is 27.4 Å². The van der Waals surface area contributed by atoms with E-state index >= 15 is 0 Å². The first-order valence-corrected chi connectivity index (χ1v) is 8.23. The van der Waals surface area contributed by atoms with Crippen LogP contribution >= 0.6 is 24.0 Å². The van der Waals surface area contributed by atoms with Gasteiger partial charge in [0.15, 0.2) is 5.96 Å². The topological polar surface area (TPSA) is 39.7 Å². The number of rotatable bonds is 4. The van der Waals surface area contributed by atoms with Crippen LogP contribution in [0.5, 0.6) is 0 Å². The van der Waals surface area contributed by atoms with E-state index in [4.69, 9.17) is 0 Å². The molecule has 24 heavy (non-hydrogen) atoms. The summed E-state index contributed by atoms with van der Waals surface area (Å²) in [7, 11) is 1.69. The predicted octanol–water partition coefficient (Wildman–Crippen LogP) is 2.87. The van der Waals surface area contributed by atoms with Gasteiger partial charge in [0, 0.05) is 43.8 Å². The van der Waals surface area contributed by atoms with Gasteiger partial charge in [-0.2, -0.15) is 0 Å². The molecule has 0 bridgehead atoms. The van der Waals surface area contributed by atoms with Crippen LogP contribution < -0.4 is 10.6 Å². The van der Waals surface area contributed by atoms with Crippen molar-refractivity contribution in [2.45, 2.75) is 50.9 Å².